The van der Waals surface area contributed by atoms with E-state index in [4.69, 9.17) is 9.66 Å². The monoisotopic (exact) mass is 309 g/mol. The second-order valence-corrected chi connectivity index (χ2v) is 6.45. The normalized spacial score (nSPS) is 13.3. The maximum absolute atomic E-state index is 11.4. The van der Waals surface area contributed by atoms with Gasteiger partial charge in [0.05, 0.1) is 10.6 Å². The summed E-state index contributed by atoms with van der Waals surface area (Å²) in [5.41, 5.74) is 1.69. The highest BCUT2D eigenvalue weighted by atomic mass is 32.2. The standard InChI is InChI=1S/C14H19N3O3S/c1-3-14(16-9-12-7-10(2)20-17-12)11-5-4-6-13(8-11)21(15,18)19/h4-8,14,16H,3,9H2,1-2H3,(H2,15,18,19)/t14-/m0/s1. The fourth-order valence-corrected chi connectivity index (χ4v) is 2.70. The van der Waals surface area contributed by atoms with E-state index in [1.807, 2.05) is 26.0 Å². The highest BCUT2D eigenvalue weighted by molar-refractivity contribution is 7.89. The summed E-state index contributed by atoms with van der Waals surface area (Å²) in [6.45, 7) is 4.41. The average molecular weight is 309 g/mol. The summed E-state index contributed by atoms with van der Waals surface area (Å²) in [5, 5.41) is 12.4. The van der Waals surface area contributed by atoms with E-state index in [1.165, 1.54) is 6.07 Å². The van der Waals surface area contributed by atoms with Gasteiger partial charge in [-0.15, -0.1) is 0 Å². The zero-order valence-corrected chi connectivity index (χ0v) is 12.9. The fourth-order valence-electron chi connectivity index (χ4n) is 2.14. The lowest BCUT2D eigenvalue weighted by Crippen LogP contribution is -2.21. The number of nitrogens with one attached hydrogen (secondary N) is 1. The number of primary sulfonamides is 1. The Balaban J connectivity index is 2.14. The fraction of sp³-hybridized carbons (Fsp3) is 0.357. The van der Waals surface area contributed by atoms with Crippen molar-refractivity contribution in [2.75, 3.05) is 0 Å². The Hall–Kier alpha value is -1.70. The van der Waals surface area contributed by atoms with E-state index >= 15 is 0 Å². The van der Waals surface area contributed by atoms with Crippen molar-refractivity contribution in [1.82, 2.24) is 10.5 Å². The van der Waals surface area contributed by atoms with Gasteiger partial charge in [-0.1, -0.05) is 24.2 Å². The van der Waals surface area contributed by atoms with Crippen molar-refractivity contribution >= 4 is 10.0 Å². The van der Waals surface area contributed by atoms with E-state index in [1.54, 1.807) is 12.1 Å². The highest BCUT2D eigenvalue weighted by Gasteiger charge is 2.14. The molecule has 2 rings (SSSR count). The number of aryl methyl sites for hydroxylation is 1. The van der Waals surface area contributed by atoms with Gasteiger partial charge in [0.25, 0.3) is 0 Å². The molecule has 1 aromatic heterocycles. The first-order valence-electron chi connectivity index (χ1n) is 6.68. The minimum absolute atomic E-state index is 0.0173. The Bertz CT molecular complexity index is 710. The van der Waals surface area contributed by atoms with Crippen molar-refractivity contribution in [3.05, 3.63) is 47.3 Å². The molecule has 0 aliphatic heterocycles. The average Bonchev–Trinajstić information content (AvgIpc) is 2.85. The molecule has 21 heavy (non-hydrogen) atoms. The van der Waals surface area contributed by atoms with Gasteiger partial charge in [-0.3, -0.25) is 0 Å². The Labute approximate surface area is 124 Å². The molecule has 114 valence electrons. The first-order valence-corrected chi connectivity index (χ1v) is 8.23. The second-order valence-electron chi connectivity index (χ2n) is 4.89. The van der Waals surface area contributed by atoms with Crippen LogP contribution in [-0.2, 0) is 16.6 Å². The van der Waals surface area contributed by atoms with Gasteiger partial charge in [-0.25, -0.2) is 13.6 Å². The molecule has 1 atom stereocenters. The number of rotatable bonds is 6. The molecule has 2 aromatic rings. The zero-order valence-electron chi connectivity index (χ0n) is 12.0. The number of aromatic nitrogens is 1. The van der Waals surface area contributed by atoms with Crippen molar-refractivity contribution < 1.29 is 12.9 Å². The summed E-state index contributed by atoms with van der Waals surface area (Å²) in [6.07, 6.45) is 0.810. The molecule has 1 aromatic carbocycles. The summed E-state index contributed by atoms with van der Waals surface area (Å²) >= 11 is 0. The maximum atomic E-state index is 11.4. The molecular formula is C14H19N3O3S. The smallest absolute Gasteiger partial charge is 0.238 e. The minimum atomic E-state index is -3.69. The SMILES string of the molecule is CC[C@H](NCc1cc(C)on1)c1cccc(S(N)(=O)=O)c1. The molecule has 0 aliphatic carbocycles. The first-order chi connectivity index (χ1) is 9.90. The van der Waals surface area contributed by atoms with E-state index in [0.717, 1.165) is 23.4 Å². The van der Waals surface area contributed by atoms with Gasteiger partial charge in [0.2, 0.25) is 10.0 Å². The Kier molecular flexibility index (Phi) is 4.76. The third kappa shape index (κ3) is 4.13. The molecule has 0 amide bonds. The van der Waals surface area contributed by atoms with Crippen molar-refractivity contribution in [2.45, 2.75) is 37.8 Å². The molecule has 7 heteroatoms. The minimum Gasteiger partial charge on any atom is -0.361 e. The molecule has 3 N–H and O–H groups in total. The summed E-state index contributed by atoms with van der Waals surface area (Å²) in [4.78, 5) is 0.123. The Morgan fingerprint density at radius 1 is 1.38 bits per heavy atom. The molecule has 6 nitrogen and oxygen atoms in total. The zero-order chi connectivity index (χ0) is 15.5. The van der Waals surface area contributed by atoms with E-state index in [2.05, 4.69) is 10.5 Å². The van der Waals surface area contributed by atoms with Crippen LogP contribution in [0.3, 0.4) is 0 Å². The molecular weight excluding hydrogens is 290 g/mol. The number of nitrogens with zero attached hydrogens (tertiary/aromatic N) is 1. The van der Waals surface area contributed by atoms with Crippen LogP contribution in [0.2, 0.25) is 0 Å². The molecule has 0 unspecified atom stereocenters. The predicted octanol–water partition coefficient (Wildman–Crippen LogP) is 1.87. The molecule has 0 radical (unpaired) electrons. The number of hydrogen-bond donors (Lipinski definition) is 2. The van der Waals surface area contributed by atoms with E-state index < -0.39 is 10.0 Å². The molecule has 0 fully saturated rings. The Morgan fingerprint density at radius 3 is 2.71 bits per heavy atom. The third-order valence-corrected chi connectivity index (χ3v) is 4.11. The van der Waals surface area contributed by atoms with Crippen LogP contribution in [0.1, 0.15) is 36.4 Å². The predicted molar refractivity (Wildman–Crippen MR) is 78.9 cm³/mol. The topological polar surface area (TPSA) is 98.2 Å². The summed E-state index contributed by atoms with van der Waals surface area (Å²) in [6, 6.07) is 8.55. The Morgan fingerprint density at radius 2 is 2.14 bits per heavy atom. The quantitative estimate of drug-likeness (QED) is 0.849. The maximum Gasteiger partial charge on any atom is 0.238 e. The van der Waals surface area contributed by atoms with Gasteiger partial charge in [0.15, 0.2) is 0 Å². The largest absolute Gasteiger partial charge is 0.361 e. The highest BCUT2D eigenvalue weighted by Crippen LogP contribution is 2.20. The van der Waals surface area contributed by atoms with Crippen LogP contribution in [0, 0.1) is 6.92 Å². The van der Waals surface area contributed by atoms with Gasteiger partial charge < -0.3 is 9.84 Å². The van der Waals surface area contributed by atoms with Crippen LogP contribution < -0.4 is 10.5 Å². The van der Waals surface area contributed by atoms with Crippen LogP contribution in [0.15, 0.2) is 39.8 Å². The van der Waals surface area contributed by atoms with Crippen LogP contribution in [0.5, 0.6) is 0 Å². The van der Waals surface area contributed by atoms with E-state index in [9.17, 15) is 8.42 Å². The van der Waals surface area contributed by atoms with Gasteiger partial charge in [0, 0.05) is 18.7 Å². The molecule has 0 bridgehead atoms. The first kappa shape index (κ1) is 15.7. The third-order valence-electron chi connectivity index (χ3n) is 3.20. The van der Waals surface area contributed by atoms with Crippen molar-refractivity contribution in [3.63, 3.8) is 0 Å². The van der Waals surface area contributed by atoms with Crippen LogP contribution in [-0.4, -0.2) is 13.6 Å². The second kappa shape index (κ2) is 6.38. The summed E-state index contributed by atoms with van der Waals surface area (Å²) in [7, 11) is -3.69. The van der Waals surface area contributed by atoms with Gasteiger partial charge in [-0.05, 0) is 31.0 Å². The lowest BCUT2D eigenvalue weighted by Gasteiger charge is -2.17. The molecule has 0 spiro atoms. The number of sulfonamides is 1. The van der Waals surface area contributed by atoms with Crippen LogP contribution >= 0.6 is 0 Å². The van der Waals surface area contributed by atoms with Crippen LogP contribution in [0.25, 0.3) is 0 Å². The van der Waals surface area contributed by atoms with E-state index in [-0.39, 0.29) is 10.9 Å². The molecule has 1 heterocycles. The molecule has 0 saturated heterocycles. The van der Waals surface area contributed by atoms with E-state index in [0.29, 0.717) is 6.54 Å². The van der Waals surface area contributed by atoms with Crippen LogP contribution in [0.4, 0.5) is 0 Å². The number of hydrogen-bond acceptors (Lipinski definition) is 5. The van der Waals surface area contributed by atoms with Crippen molar-refractivity contribution in [3.8, 4) is 0 Å². The van der Waals surface area contributed by atoms with Crippen molar-refractivity contribution in [2.24, 2.45) is 5.14 Å². The summed E-state index contributed by atoms with van der Waals surface area (Å²) < 4.78 is 27.8. The van der Waals surface area contributed by atoms with Gasteiger partial charge in [0.1, 0.15) is 5.76 Å². The number of benzene rings is 1. The number of nitrogens with two attached hydrogens (primary N) is 1. The lowest BCUT2D eigenvalue weighted by atomic mass is 10.0. The lowest BCUT2D eigenvalue weighted by molar-refractivity contribution is 0.385. The molecule has 0 aliphatic rings. The summed E-state index contributed by atoms with van der Waals surface area (Å²) in [5.74, 6) is 0.760. The molecule has 0 saturated carbocycles. The van der Waals surface area contributed by atoms with Crippen molar-refractivity contribution in [1.29, 1.82) is 0 Å². The van der Waals surface area contributed by atoms with Gasteiger partial charge in [-0.2, -0.15) is 0 Å². The van der Waals surface area contributed by atoms with Gasteiger partial charge >= 0.3 is 0 Å².